The summed E-state index contributed by atoms with van der Waals surface area (Å²) in [5.74, 6) is 1.63. The zero-order chi connectivity index (χ0) is 21.9. The first-order valence-electron chi connectivity index (χ1n) is 11.8. The summed E-state index contributed by atoms with van der Waals surface area (Å²) in [4.78, 5) is 13.6. The van der Waals surface area contributed by atoms with Crippen LogP contribution in [0.3, 0.4) is 0 Å². The lowest BCUT2D eigenvalue weighted by Crippen LogP contribution is -2.59. The second kappa shape index (κ2) is 7.37. The minimum Gasteiger partial charge on any atom is -0.352 e. The Kier molecular flexibility index (Phi) is 5.01. The quantitative estimate of drug-likeness (QED) is 0.562. The molecule has 1 amide bonds. The average Bonchev–Trinajstić information content (AvgIpc) is 2.71. The van der Waals surface area contributed by atoms with Gasteiger partial charge in [-0.25, -0.2) is 0 Å². The molecule has 2 atom stereocenters. The summed E-state index contributed by atoms with van der Waals surface area (Å²) in [7, 11) is 0. The van der Waals surface area contributed by atoms with Gasteiger partial charge < -0.3 is 5.32 Å². The topological polar surface area (TPSA) is 29.1 Å². The molecule has 0 heterocycles. The Balaban J connectivity index is 1.33. The van der Waals surface area contributed by atoms with Crippen molar-refractivity contribution >= 4 is 17.5 Å². The molecule has 0 saturated heterocycles. The van der Waals surface area contributed by atoms with Crippen molar-refractivity contribution in [3.05, 3.63) is 70.2 Å². The molecule has 2 aromatic rings. The maximum atomic E-state index is 13.6. The summed E-state index contributed by atoms with van der Waals surface area (Å²) in [6, 6.07) is 17.2. The van der Waals surface area contributed by atoms with Crippen LogP contribution in [0.2, 0.25) is 5.02 Å². The van der Waals surface area contributed by atoms with Crippen LogP contribution in [0.1, 0.15) is 76.0 Å². The summed E-state index contributed by atoms with van der Waals surface area (Å²) in [5, 5.41) is 4.12. The highest BCUT2D eigenvalue weighted by Crippen LogP contribution is 2.65. The Hall–Kier alpha value is -1.80. The highest BCUT2D eigenvalue weighted by molar-refractivity contribution is 6.30. The first-order valence-corrected chi connectivity index (χ1v) is 12.2. The van der Waals surface area contributed by atoms with Crippen molar-refractivity contribution in [3.63, 3.8) is 0 Å². The number of amides is 1. The fourth-order valence-corrected chi connectivity index (χ4v) is 7.29. The van der Waals surface area contributed by atoms with Gasteiger partial charge in [-0.05, 0) is 90.0 Å². The van der Waals surface area contributed by atoms with Gasteiger partial charge in [0.1, 0.15) is 0 Å². The third-order valence-corrected chi connectivity index (χ3v) is 8.52. The van der Waals surface area contributed by atoms with E-state index in [4.69, 9.17) is 11.6 Å². The molecular formula is C28H34ClNO. The Morgan fingerprint density at radius 1 is 0.968 bits per heavy atom. The predicted octanol–water partition coefficient (Wildman–Crippen LogP) is 6.79. The van der Waals surface area contributed by atoms with Gasteiger partial charge in [-0.2, -0.15) is 0 Å². The molecule has 4 fully saturated rings. The minimum absolute atomic E-state index is 0.150. The van der Waals surface area contributed by atoms with Crippen molar-refractivity contribution in [2.75, 3.05) is 0 Å². The number of carbonyl (C=O) groups excluding carboxylic acids is 1. The number of rotatable bonds is 4. The molecule has 164 valence electrons. The van der Waals surface area contributed by atoms with Crippen LogP contribution in [0, 0.1) is 17.3 Å². The molecule has 0 aliphatic heterocycles. The molecule has 4 aliphatic rings. The smallest absolute Gasteiger partial charge is 0.226 e. The van der Waals surface area contributed by atoms with Gasteiger partial charge in [-0.3, -0.25) is 4.79 Å². The monoisotopic (exact) mass is 435 g/mol. The van der Waals surface area contributed by atoms with Gasteiger partial charge in [0.25, 0.3) is 0 Å². The van der Waals surface area contributed by atoms with Crippen LogP contribution in [0.15, 0.2) is 48.5 Å². The Morgan fingerprint density at radius 2 is 1.58 bits per heavy atom. The second-order valence-corrected chi connectivity index (χ2v) is 12.1. The van der Waals surface area contributed by atoms with E-state index in [1.54, 1.807) is 0 Å². The first kappa shape index (κ1) is 21.1. The highest BCUT2D eigenvalue weighted by Gasteiger charge is 2.60. The van der Waals surface area contributed by atoms with Gasteiger partial charge in [0.2, 0.25) is 5.91 Å². The van der Waals surface area contributed by atoms with Gasteiger partial charge >= 0.3 is 0 Å². The van der Waals surface area contributed by atoms with Crippen molar-refractivity contribution in [2.24, 2.45) is 17.3 Å². The molecule has 2 nitrogen and oxygen atoms in total. The van der Waals surface area contributed by atoms with Crippen LogP contribution in [-0.2, 0) is 22.2 Å². The third-order valence-electron chi connectivity index (χ3n) is 8.27. The number of benzene rings is 2. The molecule has 4 saturated carbocycles. The lowest BCUT2D eigenvalue weighted by molar-refractivity contribution is -0.149. The van der Waals surface area contributed by atoms with Crippen LogP contribution in [0.4, 0.5) is 0 Å². The molecule has 3 heteroatoms. The maximum Gasteiger partial charge on any atom is 0.226 e. The van der Waals surface area contributed by atoms with Crippen molar-refractivity contribution in [2.45, 2.75) is 76.7 Å². The number of hydrogen-bond donors (Lipinski definition) is 1. The molecule has 6 rings (SSSR count). The standard InChI is InChI=1S/C28H34ClNO/c1-26(2,3)22-6-4-19(5-7-22)17-30-25(31)28-15-20-12-21(16-28)14-27(13-20,18-28)23-8-10-24(29)11-9-23/h4-11,20-21H,12-18H2,1-3H3,(H,30,31). The van der Waals surface area contributed by atoms with Gasteiger partial charge in [0.05, 0.1) is 5.41 Å². The first-order chi connectivity index (χ1) is 14.7. The fourth-order valence-electron chi connectivity index (χ4n) is 7.16. The molecule has 0 spiro atoms. The Morgan fingerprint density at radius 3 is 2.16 bits per heavy atom. The molecule has 0 radical (unpaired) electrons. The van der Waals surface area contributed by atoms with Gasteiger partial charge in [-0.15, -0.1) is 0 Å². The van der Waals surface area contributed by atoms with Crippen LogP contribution in [0.25, 0.3) is 0 Å². The van der Waals surface area contributed by atoms with E-state index in [1.807, 2.05) is 12.1 Å². The van der Waals surface area contributed by atoms with E-state index >= 15 is 0 Å². The minimum atomic E-state index is -0.199. The van der Waals surface area contributed by atoms with E-state index in [9.17, 15) is 4.79 Å². The number of nitrogens with one attached hydrogen (secondary N) is 1. The number of halogens is 1. The average molecular weight is 436 g/mol. The summed E-state index contributed by atoms with van der Waals surface area (Å²) in [6.45, 7) is 7.31. The van der Waals surface area contributed by atoms with Crippen LogP contribution >= 0.6 is 11.6 Å². The molecule has 0 aromatic heterocycles. The molecule has 2 aromatic carbocycles. The van der Waals surface area contributed by atoms with E-state index in [0.29, 0.717) is 18.4 Å². The van der Waals surface area contributed by atoms with Gasteiger partial charge in [0, 0.05) is 11.6 Å². The fraction of sp³-hybridized carbons (Fsp3) is 0.536. The lowest BCUT2D eigenvalue weighted by Gasteiger charge is -2.61. The molecule has 1 N–H and O–H groups in total. The van der Waals surface area contributed by atoms with Crippen molar-refractivity contribution in [1.29, 1.82) is 0 Å². The SMILES string of the molecule is CC(C)(C)c1ccc(CNC(=O)C23CC4CC(C2)CC(c2ccc(Cl)cc2)(C4)C3)cc1. The third kappa shape index (κ3) is 3.82. The zero-order valence-electron chi connectivity index (χ0n) is 19.0. The predicted molar refractivity (Wildman–Crippen MR) is 127 cm³/mol. The maximum absolute atomic E-state index is 13.6. The molecule has 4 aliphatic carbocycles. The Bertz CT molecular complexity index is 956. The van der Waals surface area contributed by atoms with Crippen molar-refractivity contribution in [3.8, 4) is 0 Å². The van der Waals surface area contributed by atoms with Gasteiger partial charge in [-0.1, -0.05) is 68.8 Å². The second-order valence-electron chi connectivity index (χ2n) is 11.7. The van der Waals surface area contributed by atoms with Crippen LogP contribution in [0.5, 0.6) is 0 Å². The van der Waals surface area contributed by atoms with Crippen molar-refractivity contribution in [1.82, 2.24) is 5.32 Å². The summed E-state index contributed by atoms with van der Waals surface area (Å²) >= 11 is 6.17. The lowest BCUT2D eigenvalue weighted by atomic mass is 9.42. The van der Waals surface area contributed by atoms with Crippen molar-refractivity contribution < 1.29 is 4.79 Å². The van der Waals surface area contributed by atoms with Gasteiger partial charge in [0.15, 0.2) is 0 Å². The summed E-state index contributed by atoms with van der Waals surface area (Å²) in [6.07, 6.45) is 6.88. The van der Waals surface area contributed by atoms with E-state index in [1.165, 1.54) is 36.0 Å². The van der Waals surface area contributed by atoms with Crippen LogP contribution in [-0.4, -0.2) is 5.91 Å². The number of carbonyl (C=O) groups is 1. The largest absolute Gasteiger partial charge is 0.352 e. The van der Waals surface area contributed by atoms with Crippen LogP contribution < -0.4 is 5.32 Å². The normalized spacial score (nSPS) is 31.6. The summed E-state index contributed by atoms with van der Waals surface area (Å²) < 4.78 is 0. The number of hydrogen-bond acceptors (Lipinski definition) is 1. The molecule has 4 bridgehead atoms. The van der Waals surface area contributed by atoms with E-state index < -0.39 is 0 Å². The molecule has 2 unspecified atom stereocenters. The molecule has 31 heavy (non-hydrogen) atoms. The van der Waals surface area contributed by atoms with E-state index in [2.05, 4.69) is 62.5 Å². The van der Waals surface area contributed by atoms with E-state index in [-0.39, 0.29) is 22.2 Å². The zero-order valence-corrected chi connectivity index (χ0v) is 19.8. The Labute approximate surface area is 191 Å². The van der Waals surface area contributed by atoms with E-state index in [0.717, 1.165) is 24.3 Å². The molecular weight excluding hydrogens is 402 g/mol. The highest BCUT2D eigenvalue weighted by atomic mass is 35.5. The summed E-state index contributed by atoms with van der Waals surface area (Å²) in [5.41, 5.74) is 4.00.